The minimum Gasteiger partial charge on any atom is -0.497 e. The van der Waals surface area contributed by atoms with E-state index < -0.39 is 6.10 Å². The molecule has 1 atom stereocenters. The van der Waals surface area contributed by atoms with Crippen LogP contribution in [0.4, 0.5) is 0 Å². The highest BCUT2D eigenvalue weighted by molar-refractivity contribution is 5.41. The molecule has 1 fully saturated rings. The van der Waals surface area contributed by atoms with Crippen LogP contribution >= 0.6 is 0 Å². The van der Waals surface area contributed by atoms with Crippen LogP contribution in [-0.4, -0.2) is 32.0 Å². The predicted molar refractivity (Wildman–Crippen MR) is 77.3 cm³/mol. The SMILES string of the molecule is CCOC1CC(CC(O)c2cc(OC)ccc2OC)C1. The molecule has 0 spiro atoms. The van der Waals surface area contributed by atoms with Gasteiger partial charge in [0.25, 0.3) is 0 Å². The molecule has 0 amide bonds. The highest BCUT2D eigenvalue weighted by Crippen LogP contribution is 2.39. The molecule has 1 aliphatic rings. The Morgan fingerprint density at radius 3 is 2.60 bits per heavy atom. The van der Waals surface area contributed by atoms with Gasteiger partial charge >= 0.3 is 0 Å². The molecule has 1 aromatic rings. The van der Waals surface area contributed by atoms with Gasteiger partial charge in [0.2, 0.25) is 0 Å². The number of hydrogen-bond acceptors (Lipinski definition) is 4. The number of benzene rings is 1. The summed E-state index contributed by atoms with van der Waals surface area (Å²) < 4.78 is 16.1. The van der Waals surface area contributed by atoms with Crippen molar-refractivity contribution in [3.8, 4) is 11.5 Å². The molecular weight excluding hydrogens is 256 g/mol. The van der Waals surface area contributed by atoms with Crippen LogP contribution in [-0.2, 0) is 4.74 Å². The molecule has 0 aromatic heterocycles. The number of aliphatic hydroxyl groups is 1. The monoisotopic (exact) mass is 280 g/mol. The molecule has 4 nitrogen and oxygen atoms in total. The summed E-state index contributed by atoms with van der Waals surface area (Å²) in [7, 11) is 3.24. The Balaban J connectivity index is 1.96. The maximum atomic E-state index is 10.4. The third kappa shape index (κ3) is 3.44. The van der Waals surface area contributed by atoms with Crippen LogP contribution in [0.5, 0.6) is 11.5 Å². The Bertz CT molecular complexity index is 426. The second kappa shape index (κ2) is 6.95. The zero-order valence-electron chi connectivity index (χ0n) is 12.5. The van der Waals surface area contributed by atoms with Crippen LogP contribution in [0.25, 0.3) is 0 Å². The van der Waals surface area contributed by atoms with E-state index in [1.54, 1.807) is 14.2 Å². The largest absolute Gasteiger partial charge is 0.497 e. The molecule has 1 aliphatic carbocycles. The molecule has 2 rings (SSSR count). The van der Waals surface area contributed by atoms with Crippen molar-refractivity contribution in [2.75, 3.05) is 20.8 Å². The van der Waals surface area contributed by atoms with Crippen LogP contribution in [0.2, 0.25) is 0 Å². The Labute approximate surface area is 120 Å². The van der Waals surface area contributed by atoms with E-state index in [9.17, 15) is 5.11 Å². The number of rotatable bonds is 7. The Kier molecular flexibility index (Phi) is 5.26. The predicted octanol–water partition coefficient (Wildman–Crippen LogP) is 2.94. The van der Waals surface area contributed by atoms with Crippen LogP contribution < -0.4 is 9.47 Å². The number of methoxy groups -OCH3 is 2. The minimum atomic E-state index is -0.521. The zero-order valence-corrected chi connectivity index (χ0v) is 12.5. The van der Waals surface area contributed by atoms with Crippen molar-refractivity contribution in [3.05, 3.63) is 23.8 Å². The normalized spacial score (nSPS) is 23.0. The van der Waals surface area contributed by atoms with E-state index >= 15 is 0 Å². The molecule has 1 unspecified atom stereocenters. The van der Waals surface area contributed by atoms with Crippen molar-refractivity contribution < 1.29 is 19.3 Å². The fourth-order valence-corrected chi connectivity index (χ4v) is 2.78. The lowest BCUT2D eigenvalue weighted by Gasteiger charge is -2.36. The van der Waals surface area contributed by atoms with E-state index in [1.165, 1.54) is 0 Å². The maximum absolute atomic E-state index is 10.4. The standard InChI is InChI=1S/C16H24O4/c1-4-20-13-7-11(8-13)9-15(17)14-10-12(18-2)5-6-16(14)19-3/h5-6,10-11,13,15,17H,4,7-9H2,1-3H3. The van der Waals surface area contributed by atoms with Crippen molar-refractivity contribution in [2.24, 2.45) is 5.92 Å². The lowest BCUT2D eigenvalue weighted by Crippen LogP contribution is -2.32. The highest BCUT2D eigenvalue weighted by atomic mass is 16.5. The van der Waals surface area contributed by atoms with Gasteiger partial charge in [-0.15, -0.1) is 0 Å². The van der Waals surface area contributed by atoms with Gasteiger partial charge in [-0.1, -0.05) is 0 Å². The Hall–Kier alpha value is -1.26. The molecule has 1 saturated carbocycles. The van der Waals surface area contributed by atoms with Gasteiger partial charge < -0.3 is 19.3 Å². The van der Waals surface area contributed by atoms with E-state index in [4.69, 9.17) is 14.2 Å². The first-order valence-corrected chi connectivity index (χ1v) is 7.19. The van der Waals surface area contributed by atoms with Crippen molar-refractivity contribution in [1.82, 2.24) is 0 Å². The average Bonchev–Trinajstić information content (AvgIpc) is 2.44. The van der Waals surface area contributed by atoms with E-state index in [-0.39, 0.29) is 0 Å². The summed E-state index contributed by atoms with van der Waals surface area (Å²) in [4.78, 5) is 0. The summed E-state index contributed by atoms with van der Waals surface area (Å²) in [6.07, 6.45) is 2.68. The summed E-state index contributed by atoms with van der Waals surface area (Å²) in [5.74, 6) is 1.97. The molecule has 4 heteroatoms. The van der Waals surface area contributed by atoms with Gasteiger partial charge in [-0.3, -0.25) is 0 Å². The third-order valence-electron chi connectivity index (χ3n) is 3.95. The first-order chi connectivity index (χ1) is 9.67. The van der Waals surface area contributed by atoms with Crippen LogP contribution in [0.3, 0.4) is 0 Å². The van der Waals surface area contributed by atoms with Gasteiger partial charge in [0, 0.05) is 12.2 Å². The molecule has 1 N–H and O–H groups in total. The molecule has 0 radical (unpaired) electrons. The maximum Gasteiger partial charge on any atom is 0.124 e. The summed E-state index contributed by atoms with van der Waals surface area (Å²) in [5.41, 5.74) is 0.798. The van der Waals surface area contributed by atoms with Crippen LogP contribution in [0.1, 0.15) is 37.9 Å². The van der Waals surface area contributed by atoms with Crippen LogP contribution in [0, 0.1) is 5.92 Å². The van der Waals surface area contributed by atoms with Crippen molar-refractivity contribution in [1.29, 1.82) is 0 Å². The van der Waals surface area contributed by atoms with Crippen molar-refractivity contribution in [2.45, 2.75) is 38.4 Å². The average molecular weight is 280 g/mol. The second-order valence-corrected chi connectivity index (χ2v) is 5.27. The lowest BCUT2D eigenvalue weighted by atomic mass is 9.78. The van der Waals surface area contributed by atoms with Gasteiger partial charge in [-0.2, -0.15) is 0 Å². The fourth-order valence-electron chi connectivity index (χ4n) is 2.78. The Morgan fingerprint density at radius 2 is 2.00 bits per heavy atom. The topological polar surface area (TPSA) is 47.9 Å². The quantitative estimate of drug-likeness (QED) is 0.834. The number of ether oxygens (including phenoxy) is 3. The van der Waals surface area contributed by atoms with Crippen LogP contribution in [0.15, 0.2) is 18.2 Å². The summed E-state index contributed by atoms with van der Waals surface area (Å²) >= 11 is 0. The Morgan fingerprint density at radius 1 is 1.25 bits per heavy atom. The second-order valence-electron chi connectivity index (χ2n) is 5.27. The van der Waals surface area contributed by atoms with Gasteiger partial charge in [0.1, 0.15) is 11.5 Å². The molecule has 0 aliphatic heterocycles. The third-order valence-corrected chi connectivity index (χ3v) is 3.95. The molecule has 1 aromatic carbocycles. The fraction of sp³-hybridized carbons (Fsp3) is 0.625. The van der Waals surface area contributed by atoms with Gasteiger partial charge in [-0.25, -0.2) is 0 Å². The van der Waals surface area contributed by atoms with E-state index in [0.29, 0.717) is 17.8 Å². The van der Waals surface area contributed by atoms with Gasteiger partial charge in [-0.05, 0) is 50.3 Å². The molecule has 20 heavy (non-hydrogen) atoms. The summed E-state index contributed by atoms with van der Waals surface area (Å²) in [5, 5.41) is 10.4. The summed E-state index contributed by atoms with van der Waals surface area (Å²) in [6, 6.07) is 5.52. The van der Waals surface area contributed by atoms with Crippen molar-refractivity contribution in [3.63, 3.8) is 0 Å². The molecule has 0 bridgehead atoms. The number of aliphatic hydroxyl groups excluding tert-OH is 1. The lowest BCUT2D eigenvalue weighted by molar-refractivity contribution is -0.0381. The first-order valence-electron chi connectivity index (χ1n) is 7.19. The van der Waals surface area contributed by atoms with E-state index in [1.807, 2.05) is 25.1 Å². The zero-order chi connectivity index (χ0) is 14.5. The molecule has 0 heterocycles. The molecular formula is C16H24O4. The smallest absolute Gasteiger partial charge is 0.124 e. The molecule has 112 valence electrons. The van der Waals surface area contributed by atoms with Gasteiger partial charge in [0.05, 0.1) is 26.4 Å². The summed E-state index contributed by atoms with van der Waals surface area (Å²) in [6.45, 7) is 2.78. The first kappa shape index (κ1) is 15.1. The van der Waals surface area contributed by atoms with E-state index in [0.717, 1.165) is 37.2 Å². The van der Waals surface area contributed by atoms with Gasteiger partial charge in [0.15, 0.2) is 0 Å². The molecule has 0 saturated heterocycles. The number of hydrogen-bond donors (Lipinski definition) is 1. The highest BCUT2D eigenvalue weighted by Gasteiger charge is 2.32. The van der Waals surface area contributed by atoms with Crippen molar-refractivity contribution >= 4 is 0 Å². The van der Waals surface area contributed by atoms with E-state index in [2.05, 4.69) is 0 Å². The minimum absolute atomic E-state index is 0.379.